The molecule has 0 amide bonds. The predicted molar refractivity (Wildman–Crippen MR) is 60.4 cm³/mol. The van der Waals surface area contributed by atoms with Crippen LogP contribution in [-0.4, -0.2) is 36.4 Å². The number of likely N-dealkylation sites (N-methyl/N-ethyl adjacent to an activating group) is 1. The van der Waals surface area contributed by atoms with Gasteiger partial charge in [0.05, 0.1) is 19.3 Å². The van der Waals surface area contributed by atoms with Crippen molar-refractivity contribution in [3.63, 3.8) is 0 Å². The van der Waals surface area contributed by atoms with Crippen molar-refractivity contribution in [1.82, 2.24) is 4.98 Å². The highest BCUT2D eigenvalue weighted by molar-refractivity contribution is 5.42. The number of ether oxygens (including phenoxy) is 1. The van der Waals surface area contributed by atoms with Crippen LogP contribution in [0, 0.1) is 0 Å². The number of aliphatic hydroxyl groups is 1. The standard InChI is InChI=1S/C11H18N2O2/c1-11(2,8-14)13(3)9-6-5-7-10(12-9)15-4/h5-7,14H,8H2,1-4H3. The lowest BCUT2D eigenvalue weighted by Gasteiger charge is -2.34. The molecule has 0 radical (unpaired) electrons. The Labute approximate surface area is 90.5 Å². The zero-order valence-corrected chi connectivity index (χ0v) is 9.69. The van der Waals surface area contributed by atoms with Gasteiger partial charge >= 0.3 is 0 Å². The van der Waals surface area contributed by atoms with Crippen molar-refractivity contribution in [2.45, 2.75) is 19.4 Å². The highest BCUT2D eigenvalue weighted by atomic mass is 16.5. The Kier molecular flexibility index (Phi) is 3.52. The Morgan fingerprint density at radius 3 is 2.67 bits per heavy atom. The molecule has 1 aromatic rings. The van der Waals surface area contributed by atoms with E-state index in [1.165, 1.54) is 0 Å². The molecule has 1 rings (SSSR count). The molecule has 1 heterocycles. The molecular formula is C11H18N2O2. The predicted octanol–water partition coefficient (Wildman–Crippen LogP) is 1.30. The molecular weight excluding hydrogens is 192 g/mol. The van der Waals surface area contributed by atoms with Gasteiger partial charge in [-0.2, -0.15) is 4.98 Å². The molecule has 0 bridgehead atoms. The largest absolute Gasteiger partial charge is 0.481 e. The van der Waals surface area contributed by atoms with Crippen molar-refractivity contribution < 1.29 is 9.84 Å². The van der Waals surface area contributed by atoms with Crippen molar-refractivity contribution in [3.05, 3.63) is 18.2 Å². The van der Waals surface area contributed by atoms with Gasteiger partial charge in [-0.25, -0.2) is 0 Å². The molecule has 0 saturated carbocycles. The van der Waals surface area contributed by atoms with Crippen molar-refractivity contribution >= 4 is 5.82 Å². The maximum atomic E-state index is 9.25. The van der Waals surface area contributed by atoms with Gasteiger partial charge in [-0.05, 0) is 19.9 Å². The van der Waals surface area contributed by atoms with Gasteiger partial charge in [-0.3, -0.25) is 0 Å². The van der Waals surface area contributed by atoms with Gasteiger partial charge in [0.2, 0.25) is 5.88 Å². The number of pyridine rings is 1. The fourth-order valence-corrected chi connectivity index (χ4v) is 1.12. The van der Waals surface area contributed by atoms with Crippen LogP contribution in [0.5, 0.6) is 5.88 Å². The van der Waals surface area contributed by atoms with E-state index in [0.717, 1.165) is 5.82 Å². The number of aromatic nitrogens is 1. The summed E-state index contributed by atoms with van der Waals surface area (Å²) in [5.41, 5.74) is -0.334. The second-order valence-electron chi connectivity index (χ2n) is 4.07. The van der Waals surface area contributed by atoms with Crippen LogP contribution in [0.4, 0.5) is 5.82 Å². The molecule has 4 nitrogen and oxygen atoms in total. The highest BCUT2D eigenvalue weighted by Crippen LogP contribution is 2.21. The summed E-state index contributed by atoms with van der Waals surface area (Å²) >= 11 is 0. The summed E-state index contributed by atoms with van der Waals surface area (Å²) in [5, 5.41) is 9.25. The lowest BCUT2D eigenvalue weighted by molar-refractivity contribution is 0.215. The SMILES string of the molecule is COc1cccc(N(C)C(C)(C)CO)n1. The summed E-state index contributed by atoms with van der Waals surface area (Å²) < 4.78 is 5.05. The second-order valence-corrected chi connectivity index (χ2v) is 4.07. The van der Waals surface area contributed by atoms with Crippen molar-refractivity contribution in [2.24, 2.45) is 0 Å². The summed E-state index contributed by atoms with van der Waals surface area (Å²) in [6, 6.07) is 5.56. The number of aliphatic hydroxyl groups excluding tert-OH is 1. The fraction of sp³-hybridized carbons (Fsp3) is 0.545. The van der Waals surface area contributed by atoms with Gasteiger partial charge < -0.3 is 14.7 Å². The topological polar surface area (TPSA) is 45.6 Å². The number of anilines is 1. The first kappa shape index (κ1) is 11.8. The number of nitrogens with zero attached hydrogens (tertiary/aromatic N) is 2. The molecule has 0 saturated heterocycles. The third kappa shape index (κ3) is 2.59. The summed E-state index contributed by atoms with van der Waals surface area (Å²) in [4.78, 5) is 6.22. The highest BCUT2D eigenvalue weighted by Gasteiger charge is 2.23. The smallest absolute Gasteiger partial charge is 0.214 e. The first-order chi connectivity index (χ1) is 7.01. The second kappa shape index (κ2) is 4.49. The van der Waals surface area contributed by atoms with E-state index in [0.29, 0.717) is 5.88 Å². The van der Waals surface area contributed by atoms with E-state index in [2.05, 4.69) is 4.98 Å². The van der Waals surface area contributed by atoms with Crippen molar-refractivity contribution in [2.75, 3.05) is 25.7 Å². The van der Waals surface area contributed by atoms with E-state index in [1.54, 1.807) is 13.2 Å². The molecule has 84 valence electrons. The van der Waals surface area contributed by atoms with Crippen LogP contribution in [0.15, 0.2) is 18.2 Å². The van der Waals surface area contributed by atoms with Gasteiger partial charge in [0.1, 0.15) is 5.82 Å². The number of rotatable bonds is 4. The Morgan fingerprint density at radius 2 is 2.13 bits per heavy atom. The van der Waals surface area contributed by atoms with E-state index >= 15 is 0 Å². The Morgan fingerprint density at radius 1 is 1.47 bits per heavy atom. The molecule has 0 unspecified atom stereocenters. The molecule has 0 aliphatic heterocycles. The van der Waals surface area contributed by atoms with E-state index in [4.69, 9.17) is 4.74 Å². The maximum Gasteiger partial charge on any atom is 0.214 e. The minimum atomic E-state index is -0.334. The normalized spacial score (nSPS) is 11.3. The minimum absolute atomic E-state index is 0.0718. The van der Waals surface area contributed by atoms with Crippen LogP contribution >= 0.6 is 0 Å². The summed E-state index contributed by atoms with van der Waals surface area (Å²) in [6.07, 6.45) is 0. The third-order valence-electron chi connectivity index (χ3n) is 2.56. The number of hydrogen-bond acceptors (Lipinski definition) is 4. The molecule has 1 N–H and O–H groups in total. The Hall–Kier alpha value is -1.29. The molecule has 0 fully saturated rings. The average Bonchev–Trinajstić information content (AvgIpc) is 2.28. The lowest BCUT2D eigenvalue weighted by Crippen LogP contribution is -2.44. The quantitative estimate of drug-likeness (QED) is 0.813. The van der Waals surface area contributed by atoms with Gasteiger partial charge in [0.15, 0.2) is 0 Å². The zero-order chi connectivity index (χ0) is 11.5. The van der Waals surface area contributed by atoms with Gasteiger partial charge in [-0.1, -0.05) is 6.07 Å². The van der Waals surface area contributed by atoms with E-state index in [9.17, 15) is 5.11 Å². The van der Waals surface area contributed by atoms with Crippen LogP contribution in [0.1, 0.15) is 13.8 Å². The van der Waals surface area contributed by atoms with Gasteiger partial charge in [-0.15, -0.1) is 0 Å². The summed E-state index contributed by atoms with van der Waals surface area (Å²) in [6.45, 7) is 3.98. The van der Waals surface area contributed by atoms with Crippen LogP contribution in [0.2, 0.25) is 0 Å². The van der Waals surface area contributed by atoms with E-state index in [-0.39, 0.29) is 12.1 Å². The van der Waals surface area contributed by atoms with Crippen molar-refractivity contribution in [1.29, 1.82) is 0 Å². The fourth-order valence-electron chi connectivity index (χ4n) is 1.12. The zero-order valence-electron chi connectivity index (χ0n) is 9.69. The van der Waals surface area contributed by atoms with Gasteiger partial charge in [0.25, 0.3) is 0 Å². The number of hydrogen-bond donors (Lipinski definition) is 1. The average molecular weight is 210 g/mol. The monoisotopic (exact) mass is 210 g/mol. The minimum Gasteiger partial charge on any atom is -0.481 e. The van der Waals surface area contributed by atoms with Crippen LogP contribution in [0.3, 0.4) is 0 Å². The molecule has 15 heavy (non-hydrogen) atoms. The van der Waals surface area contributed by atoms with Crippen molar-refractivity contribution in [3.8, 4) is 5.88 Å². The first-order valence-electron chi connectivity index (χ1n) is 4.87. The number of methoxy groups -OCH3 is 1. The summed E-state index contributed by atoms with van der Waals surface area (Å²) in [5.74, 6) is 1.36. The summed E-state index contributed by atoms with van der Waals surface area (Å²) in [7, 11) is 3.49. The van der Waals surface area contributed by atoms with E-state index in [1.807, 2.05) is 37.9 Å². The maximum absolute atomic E-state index is 9.25. The lowest BCUT2D eigenvalue weighted by atomic mass is 10.1. The third-order valence-corrected chi connectivity index (χ3v) is 2.56. The Bertz CT molecular complexity index is 326. The molecule has 0 aliphatic carbocycles. The van der Waals surface area contributed by atoms with Crippen LogP contribution in [0.25, 0.3) is 0 Å². The molecule has 0 aliphatic rings. The molecule has 4 heteroatoms. The molecule has 1 aromatic heterocycles. The molecule has 0 atom stereocenters. The van der Waals surface area contributed by atoms with Gasteiger partial charge in [0, 0.05) is 13.1 Å². The van der Waals surface area contributed by atoms with Crippen LogP contribution < -0.4 is 9.64 Å². The van der Waals surface area contributed by atoms with E-state index < -0.39 is 0 Å². The molecule has 0 spiro atoms. The Balaban J connectivity index is 2.95. The first-order valence-corrected chi connectivity index (χ1v) is 4.87. The molecule has 0 aromatic carbocycles. The van der Waals surface area contributed by atoms with Crippen LogP contribution in [-0.2, 0) is 0 Å².